The van der Waals surface area contributed by atoms with Gasteiger partial charge in [-0.15, -0.1) is 0 Å². The molecule has 1 aliphatic heterocycles. The lowest BCUT2D eigenvalue weighted by Crippen LogP contribution is -2.38. The Balaban J connectivity index is 1.32. The fourth-order valence-corrected chi connectivity index (χ4v) is 4.22. The maximum atomic E-state index is 12.7. The SMILES string of the molecule is O=C(Nc1ccc(C(F)(F)F)cc1)N1CCCN(c2nc(Cc3ccccc3)ns2)CC1. The van der Waals surface area contributed by atoms with Crippen LogP contribution in [0, 0.1) is 0 Å². The monoisotopic (exact) mass is 461 g/mol. The van der Waals surface area contributed by atoms with Crippen LogP contribution in [0.15, 0.2) is 54.6 Å². The molecule has 0 bridgehead atoms. The van der Waals surface area contributed by atoms with Gasteiger partial charge in [-0.2, -0.15) is 17.5 Å². The van der Waals surface area contributed by atoms with Gasteiger partial charge in [0.15, 0.2) is 0 Å². The van der Waals surface area contributed by atoms with Gasteiger partial charge in [-0.1, -0.05) is 30.3 Å². The Kier molecular flexibility index (Phi) is 6.59. The first-order valence-corrected chi connectivity index (χ1v) is 11.0. The van der Waals surface area contributed by atoms with Crippen LogP contribution in [0.2, 0.25) is 0 Å². The highest BCUT2D eigenvalue weighted by Crippen LogP contribution is 2.30. The van der Waals surface area contributed by atoms with Crippen LogP contribution in [-0.2, 0) is 12.6 Å². The first-order valence-electron chi connectivity index (χ1n) is 10.2. The Morgan fingerprint density at radius 1 is 1.00 bits per heavy atom. The summed E-state index contributed by atoms with van der Waals surface area (Å²) in [5, 5.41) is 3.51. The van der Waals surface area contributed by atoms with Crippen LogP contribution in [-0.4, -0.2) is 46.5 Å². The standard InChI is InChI=1S/C22H22F3N5OS/c23-22(24,25)17-7-9-18(10-8-17)26-20(31)29-11-4-12-30(14-13-29)21-27-19(28-32-21)15-16-5-2-1-3-6-16/h1-3,5-10H,4,11-15H2,(H,26,31). The van der Waals surface area contributed by atoms with E-state index in [-0.39, 0.29) is 6.03 Å². The molecule has 2 amide bonds. The molecule has 2 heterocycles. The molecule has 0 spiro atoms. The summed E-state index contributed by atoms with van der Waals surface area (Å²) in [6, 6.07) is 14.2. The van der Waals surface area contributed by atoms with Crippen LogP contribution in [0.25, 0.3) is 0 Å². The summed E-state index contributed by atoms with van der Waals surface area (Å²) >= 11 is 1.35. The molecule has 32 heavy (non-hydrogen) atoms. The number of alkyl halides is 3. The summed E-state index contributed by atoms with van der Waals surface area (Å²) in [6.07, 6.45) is -2.97. The van der Waals surface area contributed by atoms with Crippen molar-refractivity contribution in [2.24, 2.45) is 0 Å². The van der Waals surface area contributed by atoms with Crippen LogP contribution in [0.4, 0.5) is 28.8 Å². The van der Waals surface area contributed by atoms with E-state index >= 15 is 0 Å². The Labute approximate surface area is 187 Å². The molecule has 10 heteroatoms. The topological polar surface area (TPSA) is 61.4 Å². The fourth-order valence-electron chi connectivity index (χ4n) is 3.48. The predicted octanol–water partition coefficient (Wildman–Crippen LogP) is 4.89. The number of nitrogens with one attached hydrogen (secondary N) is 1. The number of hydrogen-bond acceptors (Lipinski definition) is 5. The van der Waals surface area contributed by atoms with Gasteiger partial charge in [0.25, 0.3) is 0 Å². The average Bonchev–Trinajstić information content (AvgIpc) is 3.09. The fraction of sp³-hybridized carbons (Fsp3) is 0.318. The third-order valence-corrected chi connectivity index (χ3v) is 5.99. The number of aromatic nitrogens is 2. The minimum Gasteiger partial charge on any atom is -0.345 e. The van der Waals surface area contributed by atoms with E-state index in [2.05, 4.69) is 19.6 Å². The Morgan fingerprint density at radius 2 is 1.75 bits per heavy atom. The summed E-state index contributed by atoms with van der Waals surface area (Å²) in [7, 11) is 0. The van der Waals surface area contributed by atoms with Crippen LogP contribution >= 0.6 is 11.5 Å². The number of rotatable bonds is 4. The molecule has 1 aromatic heterocycles. The Hall–Kier alpha value is -3.14. The number of nitrogens with zero attached hydrogens (tertiary/aromatic N) is 4. The number of carbonyl (C=O) groups is 1. The third-order valence-electron chi connectivity index (χ3n) is 5.18. The van der Waals surface area contributed by atoms with Crippen molar-refractivity contribution in [3.8, 4) is 0 Å². The van der Waals surface area contributed by atoms with Gasteiger partial charge < -0.3 is 15.1 Å². The molecule has 1 fully saturated rings. The zero-order valence-corrected chi connectivity index (χ0v) is 18.0. The van der Waals surface area contributed by atoms with Crippen LogP contribution in [0.5, 0.6) is 0 Å². The molecular formula is C22H22F3N5OS. The van der Waals surface area contributed by atoms with Gasteiger partial charge >= 0.3 is 12.2 Å². The molecule has 6 nitrogen and oxygen atoms in total. The summed E-state index contributed by atoms with van der Waals surface area (Å²) in [4.78, 5) is 21.1. The van der Waals surface area contributed by atoms with Gasteiger partial charge in [0.05, 0.1) is 5.56 Å². The average molecular weight is 462 g/mol. The van der Waals surface area contributed by atoms with Gasteiger partial charge in [-0.3, -0.25) is 0 Å². The smallest absolute Gasteiger partial charge is 0.345 e. The second-order valence-electron chi connectivity index (χ2n) is 7.49. The molecule has 4 rings (SSSR count). The van der Waals surface area contributed by atoms with Crippen molar-refractivity contribution >= 4 is 28.4 Å². The molecule has 168 valence electrons. The molecule has 3 aromatic rings. The van der Waals surface area contributed by atoms with Crippen LogP contribution in [0.1, 0.15) is 23.4 Å². The van der Waals surface area contributed by atoms with E-state index in [1.807, 2.05) is 30.3 Å². The van der Waals surface area contributed by atoms with E-state index in [9.17, 15) is 18.0 Å². The first kappa shape index (κ1) is 22.1. The zero-order valence-electron chi connectivity index (χ0n) is 17.2. The lowest BCUT2D eigenvalue weighted by molar-refractivity contribution is -0.137. The van der Waals surface area contributed by atoms with Crippen molar-refractivity contribution in [2.75, 3.05) is 36.4 Å². The molecular weight excluding hydrogens is 439 g/mol. The van der Waals surface area contributed by atoms with E-state index in [0.29, 0.717) is 31.7 Å². The first-order chi connectivity index (χ1) is 15.4. The van der Waals surface area contributed by atoms with E-state index in [0.717, 1.165) is 41.6 Å². The zero-order chi connectivity index (χ0) is 22.6. The number of amides is 2. The molecule has 1 aliphatic rings. The van der Waals surface area contributed by atoms with E-state index in [1.54, 1.807) is 4.90 Å². The minimum absolute atomic E-state index is 0.325. The van der Waals surface area contributed by atoms with Crippen molar-refractivity contribution in [3.05, 3.63) is 71.5 Å². The van der Waals surface area contributed by atoms with E-state index in [4.69, 9.17) is 0 Å². The highest BCUT2D eigenvalue weighted by atomic mass is 32.1. The molecule has 0 aliphatic carbocycles. The molecule has 0 radical (unpaired) electrons. The maximum absolute atomic E-state index is 12.7. The van der Waals surface area contributed by atoms with Gasteiger partial charge in [-0.25, -0.2) is 9.78 Å². The summed E-state index contributed by atoms with van der Waals surface area (Å²) < 4.78 is 42.6. The maximum Gasteiger partial charge on any atom is 0.416 e. The molecule has 0 unspecified atom stereocenters. The van der Waals surface area contributed by atoms with Gasteiger partial charge in [0.2, 0.25) is 5.13 Å². The normalized spacial score (nSPS) is 14.8. The van der Waals surface area contributed by atoms with Crippen molar-refractivity contribution < 1.29 is 18.0 Å². The van der Waals surface area contributed by atoms with Gasteiger partial charge in [0.1, 0.15) is 5.82 Å². The van der Waals surface area contributed by atoms with E-state index < -0.39 is 11.7 Å². The van der Waals surface area contributed by atoms with Gasteiger partial charge in [0, 0.05) is 49.8 Å². The molecule has 2 aromatic carbocycles. The van der Waals surface area contributed by atoms with Crippen molar-refractivity contribution in [1.82, 2.24) is 14.3 Å². The summed E-state index contributed by atoms with van der Waals surface area (Å²) in [6.45, 7) is 2.41. The number of urea groups is 1. The number of benzene rings is 2. The lowest BCUT2D eigenvalue weighted by Gasteiger charge is -2.22. The number of halogens is 3. The quantitative estimate of drug-likeness (QED) is 0.601. The van der Waals surface area contributed by atoms with Crippen molar-refractivity contribution in [3.63, 3.8) is 0 Å². The molecule has 1 N–H and O–H groups in total. The van der Waals surface area contributed by atoms with Crippen LogP contribution < -0.4 is 10.2 Å². The highest BCUT2D eigenvalue weighted by Gasteiger charge is 2.30. The summed E-state index contributed by atoms with van der Waals surface area (Å²) in [5.74, 6) is 0.775. The van der Waals surface area contributed by atoms with Crippen LogP contribution in [0.3, 0.4) is 0 Å². The molecule has 0 saturated carbocycles. The third kappa shape index (κ3) is 5.56. The Bertz CT molecular complexity index is 1040. The second-order valence-corrected chi connectivity index (χ2v) is 8.22. The predicted molar refractivity (Wildman–Crippen MR) is 118 cm³/mol. The van der Waals surface area contributed by atoms with Crippen molar-refractivity contribution in [1.29, 1.82) is 0 Å². The molecule has 1 saturated heterocycles. The van der Waals surface area contributed by atoms with E-state index in [1.165, 1.54) is 23.7 Å². The largest absolute Gasteiger partial charge is 0.416 e. The molecule has 0 atom stereocenters. The highest BCUT2D eigenvalue weighted by molar-refractivity contribution is 7.09. The van der Waals surface area contributed by atoms with Crippen molar-refractivity contribution in [2.45, 2.75) is 19.0 Å². The second kappa shape index (κ2) is 9.56. The van der Waals surface area contributed by atoms with Gasteiger partial charge in [-0.05, 0) is 36.2 Å². The lowest BCUT2D eigenvalue weighted by atomic mass is 10.1. The minimum atomic E-state index is -4.40. The summed E-state index contributed by atoms with van der Waals surface area (Å²) in [5.41, 5.74) is 0.738. The number of hydrogen-bond donors (Lipinski definition) is 1. The number of anilines is 2. The number of carbonyl (C=O) groups excluding carboxylic acids is 1. The Morgan fingerprint density at radius 3 is 2.47 bits per heavy atom.